The summed E-state index contributed by atoms with van der Waals surface area (Å²) in [5.74, 6) is 0.264. The number of benzene rings is 2. The molecule has 1 amide bonds. The van der Waals surface area contributed by atoms with E-state index in [2.05, 4.69) is 34.6 Å². The third-order valence-electron chi connectivity index (χ3n) is 6.69. The van der Waals surface area contributed by atoms with Gasteiger partial charge in [0, 0.05) is 18.8 Å². The number of amides is 1. The van der Waals surface area contributed by atoms with Gasteiger partial charge in [0.25, 0.3) is 0 Å². The molecule has 1 aliphatic heterocycles. The average Bonchev–Trinajstić information content (AvgIpc) is 3.64. The number of carbonyl (C=O) groups is 1. The molecular formula is C26H26N4O2. The summed E-state index contributed by atoms with van der Waals surface area (Å²) in [6.45, 7) is 1.97. The van der Waals surface area contributed by atoms with Crippen molar-refractivity contribution in [1.82, 2.24) is 15.2 Å². The number of aromatic hydroxyl groups is 1. The van der Waals surface area contributed by atoms with Crippen LogP contribution in [0.15, 0.2) is 66.9 Å². The number of aromatic nitrogens is 1. The van der Waals surface area contributed by atoms with Crippen molar-refractivity contribution in [1.29, 1.82) is 5.41 Å². The Bertz CT molecular complexity index is 1200. The van der Waals surface area contributed by atoms with Gasteiger partial charge >= 0.3 is 0 Å². The Labute approximate surface area is 187 Å². The van der Waals surface area contributed by atoms with Gasteiger partial charge in [0.15, 0.2) is 5.96 Å². The molecular weight excluding hydrogens is 400 g/mol. The Balaban J connectivity index is 1.59. The van der Waals surface area contributed by atoms with Crippen LogP contribution in [0.25, 0.3) is 11.3 Å². The summed E-state index contributed by atoms with van der Waals surface area (Å²) in [4.78, 5) is 19.3. The van der Waals surface area contributed by atoms with Gasteiger partial charge in [0.05, 0.1) is 17.2 Å². The van der Waals surface area contributed by atoms with Crippen LogP contribution in [0.3, 0.4) is 0 Å². The summed E-state index contributed by atoms with van der Waals surface area (Å²) in [6.07, 6.45) is 4.17. The number of rotatable bonds is 4. The van der Waals surface area contributed by atoms with E-state index in [1.807, 2.05) is 25.1 Å². The number of pyridine rings is 1. The summed E-state index contributed by atoms with van der Waals surface area (Å²) in [6, 6.07) is 19.1. The molecule has 0 spiro atoms. The van der Waals surface area contributed by atoms with Crippen LogP contribution in [0, 0.1) is 5.41 Å². The first kappa shape index (κ1) is 20.2. The van der Waals surface area contributed by atoms with E-state index in [4.69, 9.17) is 5.41 Å². The summed E-state index contributed by atoms with van der Waals surface area (Å²) < 4.78 is 0. The summed E-state index contributed by atoms with van der Waals surface area (Å²) in [5.41, 5.74) is 3.74. The van der Waals surface area contributed by atoms with E-state index >= 15 is 0 Å². The second-order valence-electron chi connectivity index (χ2n) is 8.93. The zero-order valence-corrected chi connectivity index (χ0v) is 18.2. The molecule has 2 atom stereocenters. The quantitative estimate of drug-likeness (QED) is 0.579. The first-order chi connectivity index (χ1) is 15.4. The van der Waals surface area contributed by atoms with Crippen LogP contribution in [0.2, 0.25) is 0 Å². The van der Waals surface area contributed by atoms with Gasteiger partial charge in [-0.1, -0.05) is 36.4 Å². The zero-order chi connectivity index (χ0) is 22.5. The van der Waals surface area contributed by atoms with Crippen LogP contribution in [-0.2, 0) is 10.3 Å². The van der Waals surface area contributed by atoms with E-state index in [1.54, 1.807) is 31.4 Å². The standard InChI is InChI=1S/C26H26N4O2/c1-26(20-12-13-28-22(15-20)19-4-3-5-21(31)14-19)23(24(32)30(2)25(27)29-26)18-10-8-17(9-11-18)16-6-7-16/h3-5,8-16,23,31H,6-7H2,1-2H3,(H2,27,29)/t23-,26+/m0/s1. The normalized spacial score (nSPS) is 23.2. The maximum Gasteiger partial charge on any atom is 0.239 e. The van der Waals surface area contributed by atoms with Crippen LogP contribution in [0.5, 0.6) is 5.75 Å². The Hall–Kier alpha value is -3.67. The number of carbonyl (C=O) groups excluding carboxylic acids is 1. The average molecular weight is 427 g/mol. The van der Waals surface area contributed by atoms with Crippen LogP contribution < -0.4 is 5.32 Å². The fourth-order valence-corrected chi connectivity index (χ4v) is 4.62. The van der Waals surface area contributed by atoms with Gasteiger partial charge in [-0.3, -0.25) is 20.1 Å². The molecule has 2 fully saturated rings. The van der Waals surface area contributed by atoms with Crippen LogP contribution in [0.4, 0.5) is 0 Å². The number of hydrogen-bond acceptors (Lipinski definition) is 4. The highest BCUT2D eigenvalue weighted by Gasteiger charge is 2.48. The van der Waals surface area contributed by atoms with E-state index in [0.717, 1.165) is 16.7 Å². The van der Waals surface area contributed by atoms with Crippen molar-refractivity contribution >= 4 is 11.9 Å². The number of hydrogen-bond donors (Lipinski definition) is 3. The van der Waals surface area contributed by atoms with Crippen LogP contribution in [0.1, 0.15) is 48.3 Å². The summed E-state index contributed by atoms with van der Waals surface area (Å²) in [7, 11) is 1.63. The molecule has 0 radical (unpaired) electrons. The van der Waals surface area contributed by atoms with E-state index in [9.17, 15) is 9.90 Å². The monoisotopic (exact) mass is 426 g/mol. The largest absolute Gasteiger partial charge is 0.508 e. The first-order valence-corrected chi connectivity index (χ1v) is 10.9. The molecule has 162 valence electrons. The van der Waals surface area contributed by atoms with Gasteiger partial charge in [0.1, 0.15) is 5.75 Å². The lowest BCUT2D eigenvalue weighted by Gasteiger charge is -2.46. The van der Waals surface area contributed by atoms with Crippen molar-refractivity contribution in [3.8, 4) is 17.0 Å². The molecule has 0 unspecified atom stereocenters. The molecule has 2 heterocycles. The maximum absolute atomic E-state index is 13.5. The SMILES string of the molecule is CN1C(=N)N[C@](C)(c2ccnc(-c3cccc(O)c3)c2)[C@@H](c2ccc(C3CC3)cc2)C1=O. The van der Waals surface area contributed by atoms with Gasteiger partial charge in [-0.2, -0.15) is 0 Å². The van der Waals surface area contributed by atoms with E-state index < -0.39 is 11.5 Å². The van der Waals surface area contributed by atoms with Crippen molar-refractivity contribution in [2.75, 3.05) is 7.05 Å². The van der Waals surface area contributed by atoms with E-state index in [-0.39, 0.29) is 17.6 Å². The van der Waals surface area contributed by atoms with E-state index in [1.165, 1.54) is 23.3 Å². The van der Waals surface area contributed by atoms with Gasteiger partial charge < -0.3 is 10.4 Å². The molecule has 2 aromatic carbocycles. The van der Waals surface area contributed by atoms with Crippen molar-refractivity contribution in [3.05, 3.63) is 83.6 Å². The van der Waals surface area contributed by atoms with Gasteiger partial charge in [-0.25, -0.2) is 0 Å². The number of phenolic OH excluding ortho intramolecular Hbond substituents is 1. The molecule has 1 saturated heterocycles. The third-order valence-corrected chi connectivity index (χ3v) is 6.69. The molecule has 3 N–H and O–H groups in total. The fourth-order valence-electron chi connectivity index (χ4n) is 4.62. The maximum atomic E-state index is 13.5. The van der Waals surface area contributed by atoms with Crippen molar-refractivity contribution in [2.45, 2.75) is 37.1 Å². The Morgan fingerprint density at radius 2 is 1.81 bits per heavy atom. The minimum Gasteiger partial charge on any atom is -0.508 e. The predicted molar refractivity (Wildman–Crippen MR) is 123 cm³/mol. The van der Waals surface area contributed by atoms with Gasteiger partial charge in [-0.05, 0) is 66.6 Å². The second-order valence-corrected chi connectivity index (χ2v) is 8.93. The highest BCUT2D eigenvalue weighted by molar-refractivity contribution is 6.02. The minimum atomic E-state index is -0.837. The highest BCUT2D eigenvalue weighted by atomic mass is 16.3. The molecule has 32 heavy (non-hydrogen) atoms. The first-order valence-electron chi connectivity index (χ1n) is 10.9. The Kier molecular flexibility index (Phi) is 4.73. The molecule has 3 aromatic rings. The second kappa shape index (κ2) is 7.48. The van der Waals surface area contributed by atoms with Crippen LogP contribution in [-0.4, -0.2) is 33.9 Å². The van der Waals surface area contributed by atoms with Crippen molar-refractivity contribution < 1.29 is 9.90 Å². The molecule has 2 aliphatic rings. The zero-order valence-electron chi connectivity index (χ0n) is 18.2. The number of phenols is 1. The molecule has 6 nitrogen and oxygen atoms in total. The highest BCUT2D eigenvalue weighted by Crippen LogP contribution is 2.44. The minimum absolute atomic E-state index is 0.0686. The topological polar surface area (TPSA) is 89.3 Å². The van der Waals surface area contributed by atoms with E-state index in [0.29, 0.717) is 11.6 Å². The van der Waals surface area contributed by atoms with Crippen LogP contribution >= 0.6 is 0 Å². The lowest BCUT2D eigenvalue weighted by Crippen LogP contribution is -2.62. The number of guanidine groups is 1. The molecule has 6 heteroatoms. The lowest BCUT2D eigenvalue weighted by atomic mass is 9.73. The third kappa shape index (κ3) is 3.42. The lowest BCUT2D eigenvalue weighted by molar-refractivity contribution is -0.131. The summed E-state index contributed by atoms with van der Waals surface area (Å²) in [5, 5.41) is 21.5. The Morgan fingerprint density at radius 3 is 2.50 bits per heavy atom. The van der Waals surface area contributed by atoms with Gasteiger partial charge in [0.2, 0.25) is 5.91 Å². The smallest absolute Gasteiger partial charge is 0.239 e. The van der Waals surface area contributed by atoms with Gasteiger partial charge in [-0.15, -0.1) is 0 Å². The fraction of sp³-hybridized carbons (Fsp3) is 0.269. The molecule has 0 bridgehead atoms. The number of nitrogens with one attached hydrogen (secondary N) is 2. The molecule has 1 aliphatic carbocycles. The predicted octanol–water partition coefficient (Wildman–Crippen LogP) is 4.33. The molecule has 1 saturated carbocycles. The Morgan fingerprint density at radius 1 is 1.09 bits per heavy atom. The number of nitrogens with zero attached hydrogens (tertiary/aromatic N) is 2. The summed E-state index contributed by atoms with van der Waals surface area (Å²) >= 11 is 0. The van der Waals surface area contributed by atoms with Crippen molar-refractivity contribution in [3.63, 3.8) is 0 Å². The van der Waals surface area contributed by atoms with Crippen molar-refractivity contribution in [2.24, 2.45) is 0 Å². The molecule has 1 aromatic heterocycles. The molecule has 5 rings (SSSR count). The number of likely N-dealkylation sites (N-methyl/N-ethyl adjacent to an activating group) is 1.